The summed E-state index contributed by atoms with van der Waals surface area (Å²) in [4.78, 5) is 23.2. The molecule has 1 rings (SSSR count). The molecule has 0 spiro atoms. The zero-order valence-corrected chi connectivity index (χ0v) is 12.3. The summed E-state index contributed by atoms with van der Waals surface area (Å²) in [6.45, 7) is 4.54. The van der Waals surface area contributed by atoms with Gasteiger partial charge in [0.05, 0.1) is 12.2 Å². The second kappa shape index (κ2) is 9.13. The highest BCUT2D eigenvalue weighted by molar-refractivity contribution is 5.93. The van der Waals surface area contributed by atoms with E-state index < -0.39 is 0 Å². The molecule has 110 valence electrons. The van der Waals surface area contributed by atoms with Crippen molar-refractivity contribution in [2.24, 2.45) is 0 Å². The number of esters is 1. The van der Waals surface area contributed by atoms with Gasteiger partial charge in [0.2, 0.25) is 5.91 Å². The normalized spacial score (nSPS) is 10.1. The monoisotopic (exact) mass is 277 g/mol. The smallest absolute Gasteiger partial charge is 0.338 e. The molecule has 1 aromatic rings. The first-order valence-electron chi connectivity index (χ1n) is 7.24. The average Bonchev–Trinajstić information content (AvgIpc) is 2.46. The second-order valence-corrected chi connectivity index (χ2v) is 4.72. The number of amides is 1. The van der Waals surface area contributed by atoms with E-state index in [4.69, 9.17) is 4.74 Å². The first-order chi connectivity index (χ1) is 9.67. The highest BCUT2D eigenvalue weighted by atomic mass is 16.5. The van der Waals surface area contributed by atoms with E-state index in [0.29, 0.717) is 24.3 Å². The molecule has 0 aliphatic carbocycles. The van der Waals surface area contributed by atoms with Crippen LogP contribution in [0.25, 0.3) is 0 Å². The van der Waals surface area contributed by atoms with Crippen molar-refractivity contribution in [1.29, 1.82) is 0 Å². The van der Waals surface area contributed by atoms with Gasteiger partial charge in [-0.15, -0.1) is 0 Å². The molecule has 20 heavy (non-hydrogen) atoms. The van der Waals surface area contributed by atoms with Crippen molar-refractivity contribution in [3.63, 3.8) is 0 Å². The molecule has 0 aromatic heterocycles. The fourth-order valence-electron chi connectivity index (χ4n) is 1.64. The average molecular weight is 277 g/mol. The third kappa shape index (κ3) is 5.87. The summed E-state index contributed by atoms with van der Waals surface area (Å²) >= 11 is 0. The minimum absolute atomic E-state index is 0.00474. The second-order valence-electron chi connectivity index (χ2n) is 4.72. The van der Waals surface area contributed by atoms with Crippen molar-refractivity contribution in [2.75, 3.05) is 11.9 Å². The Kier molecular flexibility index (Phi) is 7.40. The summed E-state index contributed by atoms with van der Waals surface area (Å²) in [5.74, 6) is -0.313. The van der Waals surface area contributed by atoms with Crippen LogP contribution in [0.2, 0.25) is 0 Å². The fourth-order valence-corrected chi connectivity index (χ4v) is 1.64. The standard InChI is InChI=1S/C16H23NO3/c1-3-5-7-15(18)17-14-10-8-13(9-11-14)16(19)20-12-6-4-2/h8-11H,3-7,12H2,1-2H3,(H,17,18). The summed E-state index contributed by atoms with van der Waals surface area (Å²) in [5, 5.41) is 2.80. The van der Waals surface area contributed by atoms with Gasteiger partial charge in [0.25, 0.3) is 0 Å². The van der Waals surface area contributed by atoms with Crippen LogP contribution in [0.5, 0.6) is 0 Å². The van der Waals surface area contributed by atoms with Crippen LogP contribution in [-0.4, -0.2) is 18.5 Å². The van der Waals surface area contributed by atoms with Gasteiger partial charge >= 0.3 is 5.97 Å². The molecule has 0 radical (unpaired) electrons. The minimum Gasteiger partial charge on any atom is -0.462 e. The maximum Gasteiger partial charge on any atom is 0.338 e. The zero-order valence-electron chi connectivity index (χ0n) is 12.3. The van der Waals surface area contributed by atoms with Gasteiger partial charge in [0.1, 0.15) is 0 Å². The van der Waals surface area contributed by atoms with Crippen molar-refractivity contribution in [2.45, 2.75) is 46.0 Å². The lowest BCUT2D eigenvalue weighted by Crippen LogP contribution is -2.11. The van der Waals surface area contributed by atoms with Gasteiger partial charge in [-0.3, -0.25) is 4.79 Å². The van der Waals surface area contributed by atoms with Crippen LogP contribution in [0.4, 0.5) is 5.69 Å². The number of carbonyl (C=O) groups is 2. The van der Waals surface area contributed by atoms with Crippen LogP contribution >= 0.6 is 0 Å². The van der Waals surface area contributed by atoms with Crippen LogP contribution in [0.1, 0.15) is 56.3 Å². The van der Waals surface area contributed by atoms with E-state index in [-0.39, 0.29) is 11.9 Å². The minimum atomic E-state index is -0.317. The predicted molar refractivity (Wildman–Crippen MR) is 79.8 cm³/mol. The molecule has 0 aliphatic rings. The number of unbranched alkanes of at least 4 members (excludes halogenated alkanes) is 2. The van der Waals surface area contributed by atoms with E-state index in [1.807, 2.05) is 13.8 Å². The molecule has 0 fully saturated rings. The number of carbonyl (C=O) groups excluding carboxylic acids is 2. The van der Waals surface area contributed by atoms with E-state index in [0.717, 1.165) is 25.7 Å². The van der Waals surface area contributed by atoms with Gasteiger partial charge in [-0.25, -0.2) is 4.79 Å². The van der Waals surface area contributed by atoms with Crippen molar-refractivity contribution in [1.82, 2.24) is 0 Å². The Morgan fingerprint density at radius 1 is 1.05 bits per heavy atom. The number of anilines is 1. The van der Waals surface area contributed by atoms with Gasteiger partial charge in [-0.05, 0) is 37.1 Å². The van der Waals surface area contributed by atoms with E-state index in [1.54, 1.807) is 24.3 Å². The molecule has 0 bridgehead atoms. The van der Waals surface area contributed by atoms with Gasteiger partial charge in [0.15, 0.2) is 0 Å². The molecular weight excluding hydrogens is 254 g/mol. The van der Waals surface area contributed by atoms with Crippen molar-refractivity contribution in [3.05, 3.63) is 29.8 Å². The van der Waals surface area contributed by atoms with Crippen molar-refractivity contribution < 1.29 is 14.3 Å². The molecule has 0 atom stereocenters. The Bertz CT molecular complexity index is 426. The summed E-state index contributed by atoms with van der Waals surface area (Å²) in [5.41, 5.74) is 1.21. The maximum absolute atomic E-state index is 11.7. The molecule has 0 saturated carbocycles. The quantitative estimate of drug-likeness (QED) is 0.581. The molecule has 0 heterocycles. The number of rotatable bonds is 8. The maximum atomic E-state index is 11.7. The molecule has 4 nitrogen and oxygen atoms in total. The summed E-state index contributed by atoms with van der Waals surface area (Å²) < 4.78 is 5.12. The first kappa shape index (κ1) is 16.2. The van der Waals surface area contributed by atoms with E-state index in [9.17, 15) is 9.59 Å². The van der Waals surface area contributed by atoms with Gasteiger partial charge < -0.3 is 10.1 Å². The van der Waals surface area contributed by atoms with Gasteiger partial charge in [-0.1, -0.05) is 26.7 Å². The van der Waals surface area contributed by atoms with Crippen LogP contribution in [-0.2, 0) is 9.53 Å². The van der Waals surface area contributed by atoms with Gasteiger partial charge in [-0.2, -0.15) is 0 Å². The molecule has 0 aliphatic heterocycles. The molecule has 1 N–H and O–H groups in total. The molecule has 0 unspecified atom stereocenters. The van der Waals surface area contributed by atoms with Crippen molar-refractivity contribution in [3.8, 4) is 0 Å². The predicted octanol–water partition coefficient (Wildman–Crippen LogP) is 3.77. The molecule has 1 amide bonds. The highest BCUT2D eigenvalue weighted by Crippen LogP contribution is 2.11. The molecule has 0 saturated heterocycles. The number of hydrogen-bond donors (Lipinski definition) is 1. The van der Waals surface area contributed by atoms with Crippen LogP contribution in [0, 0.1) is 0 Å². The van der Waals surface area contributed by atoms with Crippen LogP contribution in [0.15, 0.2) is 24.3 Å². The largest absolute Gasteiger partial charge is 0.462 e. The Labute approximate surface area is 120 Å². The third-order valence-corrected chi connectivity index (χ3v) is 2.89. The Morgan fingerprint density at radius 2 is 1.70 bits per heavy atom. The van der Waals surface area contributed by atoms with Crippen molar-refractivity contribution >= 4 is 17.6 Å². The Hall–Kier alpha value is -1.84. The lowest BCUT2D eigenvalue weighted by atomic mass is 10.2. The number of nitrogens with one attached hydrogen (secondary N) is 1. The van der Waals surface area contributed by atoms with Crippen LogP contribution < -0.4 is 5.32 Å². The summed E-state index contributed by atoms with van der Waals surface area (Å²) in [7, 11) is 0. The summed E-state index contributed by atoms with van der Waals surface area (Å²) in [6, 6.07) is 6.79. The Morgan fingerprint density at radius 3 is 2.30 bits per heavy atom. The number of benzene rings is 1. The Balaban J connectivity index is 2.47. The van der Waals surface area contributed by atoms with E-state index in [1.165, 1.54) is 0 Å². The fraction of sp³-hybridized carbons (Fsp3) is 0.500. The van der Waals surface area contributed by atoms with Gasteiger partial charge in [0, 0.05) is 12.1 Å². The lowest BCUT2D eigenvalue weighted by Gasteiger charge is -2.06. The lowest BCUT2D eigenvalue weighted by molar-refractivity contribution is -0.116. The van der Waals surface area contributed by atoms with E-state index in [2.05, 4.69) is 5.32 Å². The zero-order chi connectivity index (χ0) is 14.8. The summed E-state index contributed by atoms with van der Waals surface area (Å²) in [6.07, 6.45) is 4.27. The third-order valence-electron chi connectivity index (χ3n) is 2.89. The number of hydrogen-bond acceptors (Lipinski definition) is 3. The van der Waals surface area contributed by atoms with E-state index >= 15 is 0 Å². The number of ether oxygens (including phenoxy) is 1. The SMILES string of the molecule is CCCCOC(=O)c1ccc(NC(=O)CCCC)cc1. The van der Waals surface area contributed by atoms with Crippen LogP contribution in [0.3, 0.4) is 0 Å². The topological polar surface area (TPSA) is 55.4 Å². The molecule has 1 aromatic carbocycles. The highest BCUT2D eigenvalue weighted by Gasteiger charge is 2.07. The molecular formula is C16H23NO3. The molecule has 4 heteroatoms. The first-order valence-corrected chi connectivity index (χ1v) is 7.24.